The van der Waals surface area contributed by atoms with Crippen molar-refractivity contribution in [3.8, 4) is 0 Å². The smallest absolute Gasteiger partial charge is 0.0239 e. The fourth-order valence-corrected chi connectivity index (χ4v) is 2.82. The molecule has 1 aliphatic rings. The summed E-state index contributed by atoms with van der Waals surface area (Å²) >= 11 is 0. The van der Waals surface area contributed by atoms with E-state index in [1.165, 1.54) is 18.4 Å². The lowest BCUT2D eigenvalue weighted by Crippen LogP contribution is -2.39. The van der Waals surface area contributed by atoms with Crippen LogP contribution in [0.15, 0.2) is 30.3 Å². The van der Waals surface area contributed by atoms with Gasteiger partial charge in [0.05, 0.1) is 0 Å². The molecule has 0 bridgehead atoms. The molecule has 2 rings (SSSR count). The Bertz CT molecular complexity index is 334. The monoisotopic (exact) mass is 232 g/mol. The molecule has 1 aliphatic carbocycles. The summed E-state index contributed by atoms with van der Waals surface area (Å²) in [4.78, 5) is 2.60. The fourth-order valence-electron chi connectivity index (χ4n) is 2.82. The van der Waals surface area contributed by atoms with Crippen molar-refractivity contribution >= 4 is 0 Å². The molecule has 1 aromatic rings. The van der Waals surface area contributed by atoms with Crippen molar-refractivity contribution in [2.24, 2.45) is 5.73 Å². The molecule has 1 aromatic carbocycles. The van der Waals surface area contributed by atoms with Gasteiger partial charge < -0.3 is 5.73 Å². The zero-order valence-corrected chi connectivity index (χ0v) is 11.0. The molecule has 1 fully saturated rings. The van der Waals surface area contributed by atoms with E-state index in [9.17, 15) is 0 Å². The van der Waals surface area contributed by atoms with E-state index >= 15 is 0 Å². The minimum Gasteiger partial charge on any atom is -0.328 e. The first-order valence-electron chi connectivity index (χ1n) is 6.72. The molecule has 0 spiro atoms. The normalized spacial score (nSPS) is 24.8. The zero-order valence-electron chi connectivity index (χ0n) is 11.0. The van der Waals surface area contributed by atoms with E-state index in [-0.39, 0.29) is 0 Å². The van der Waals surface area contributed by atoms with Crippen LogP contribution in [-0.4, -0.2) is 23.0 Å². The number of hydrogen-bond acceptors (Lipinski definition) is 2. The van der Waals surface area contributed by atoms with Crippen LogP contribution in [0.4, 0.5) is 0 Å². The van der Waals surface area contributed by atoms with E-state index in [0.29, 0.717) is 18.1 Å². The van der Waals surface area contributed by atoms with E-state index in [2.05, 4.69) is 49.1 Å². The Labute approximate surface area is 105 Å². The Morgan fingerprint density at radius 2 is 1.94 bits per heavy atom. The first-order chi connectivity index (χ1) is 8.16. The van der Waals surface area contributed by atoms with Crippen LogP contribution in [-0.2, 0) is 6.54 Å². The molecule has 2 nitrogen and oxygen atoms in total. The fraction of sp³-hybridized carbons (Fsp3) is 0.600. The Kier molecular flexibility index (Phi) is 4.19. The Morgan fingerprint density at radius 1 is 1.24 bits per heavy atom. The maximum absolute atomic E-state index is 6.03. The second-order valence-corrected chi connectivity index (χ2v) is 5.48. The van der Waals surface area contributed by atoms with Crippen molar-refractivity contribution in [2.45, 2.75) is 57.8 Å². The molecule has 0 radical (unpaired) electrons. The maximum Gasteiger partial charge on any atom is 0.0239 e. The number of hydrogen-bond donors (Lipinski definition) is 1. The third-order valence-electron chi connectivity index (χ3n) is 3.79. The highest BCUT2D eigenvalue weighted by Crippen LogP contribution is 2.26. The summed E-state index contributed by atoms with van der Waals surface area (Å²) in [5.41, 5.74) is 7.43. The van der Waals surface area contributed by atoms with Crippen LogP contribution in [0.3, 0.4) is 0 Å². The molecule has 0 saturated heterocycles. The summed E-state index contributed by atoms with van der Waals surface area (Å²) in [6.45, 7) is 5.62. The minimum atomic E-state index is 0.414. The quantitative estimate of drug-likeness (QED) is 0.865. The van der Waals surface area contributed by atoms with Crippen molar-refractivity contribution in [3.63, 3.8) is 0 Å². The molecule has 2 unspecified atom stereocenters. The summed E-state index contributed by atoms with van der Waals surface area (Å²) < 4.78 is 0. The predicted octanol–water partition coefficient (Wildman–Crippen LogP) is 2.78. The first kappa shape index (κ1) is 12.6. The molecule has 0 heterocycles. The van der Waals surface area contributed by atoms with Gasteiger partial charge in [0.1, 0.15) is 0 Å². The molecule has 1 saturated carbocycles. The van der Waals surface area contributed by atoms with Gasteiger partial charge in [-0.2, -0.15) is 0 Å². The van der Waals surface area contributed by atoms with Crippen molar-refractivity contribution in [2.75, 3.05) is 0 Å². The number of rotatable bonds is 4. The van der Waals surface area contributed by atoms with Gasteiger partial charge in [-0.1, -0.05) is 30.3 Å². The van der Waals surface area contributed by atoms with Gasteiger partial charge in [0.25, 0.3) is 0 Å². The average Bonchev–Trinajstić information content (AvgIpc) is 2.73. The van der Waals surface area contributed by atoms with Crippen LogP contribution in [0.1, 0.15) is 38.7 Å². The predicted molar refractivity (Wildman–Crippen MR) is 72.7 cm³/mol. The Hall–Kier alpha value is -0.860. The van der Waals surface area contributed by atoms with E-state index in [1.54, 1.807) is 0 Å². The first-order valence-corrected chi connectivity index (χ1v) is 6.72. The third-order valence-corrected chi connectivity index (χ3v) is 3.79. The van der Waals surface area contributed by atoms with Crippen LogP contribution in [0.5, 0.6) is 0 Å². The number of nitrogens with two attached hydrogens (primary N) is 1. The molecular weight excluding hydrogens is 208 g/mol. The van der Waals surface area contributed by atoms with Gasteiger partial charge in [0.2, 0.25) is 0 Å². The van der Waals surface area contributed by atoms with E-state index in [1.807, 2.05) is 0 Å². The standard InChI is InChI=1S/C15H24N2/c1-12(2)17(15-9-8-14(16)10-15)11-13-6-4-3-5-7-13/h3-7,12,14-15H,8-11,16H2,1-2H3. The van der Waals surface area contributed by atoms with Gasteiger partial charge in [-0.3, -0.25) is 4.90 Å². The van der Waals surface area contributed by atoms with Crippen molar-refractivity contribution in [1.82, 2.24) is 4.90 Å². The van der Waals surface area contributed by atoms with E-state index in [4.69, 9.17) is 5.73 Å². The van der Waals surface area contributed by atoms with Crippen LogP contribution in [0.25, 0.3) is 0 Å². The highest BCUT2D eigenvalue weighted by atomic mass is 15.2. The lowest BCUT2D eigenvalue weighted by Gasteiger charge is -2.32. The molecule has 0 amide bonds. The molecule has 2 atom stereocenters. The van der Waals surface area contributed by atoms with Gasteiger partial charge in [0.15, 0.2) is 0 Å². The zero-order chi connectivity index (χ0) is 12.3. The van der Waals surface area contributed by atoms with Crippen LogP contribution in [0.2, 0.25) is 0 Å². The third kappa shape index (κ3) is 3.30. The van der Waals surface area contributed by atoms with E-state index < -0.39 is 0 Å². The Balaban J connectivity index is 2.03. The summed E-state index contributed by atoms with van der Waals surface area (Å²) in [7, 11) is 0. The Morgan fingerprint density at radius 3 is 2.47 bits per heavy atom. The molecule has 0 aliphatic heterocycles. The van der Waals surface area contributed by atoms with Crippen LogP contribution in [0, 0.1) is 0 Å². The summed E-state index contributed by atoms with van der Waals surface area (Å²) in [5.74, 6) is 0. The maximum atomic E-state index is 6.03. The average molecular weight is 232 g/mol. The molecule has 2 heteroatoms. The highest BCUT2D eigenvalue weighted by molar-refractivity contribution is 5.14. The largest absolute Gasteiger partial charge is 0.328 e. The minimum absolute atomic E-state index is 0.414. The van der Waals surface area contributed by atoms with Crippen LogP contribution < -0.4 is 5.73 Å². The van der Waals surface area contributed by atoms with Gasteiger partial charge in [-0.05, 0) is 38.7 Å². The lowest BCUT2D eigenvalue weighted by molar-refractivity contribution is 0.145. The van der Waals surface area contributed by atoms with Gasteiger partial charge in [0, 0.05) is 24.7 Å². The van der Waals surface area contributed by atoms with Crippen molar-refractivity contribution in [1.29, 1.82) is 0 Å². The van der Waals surface area contributed by atoms with Gasteiger partial charge in [-0.25, -0.2) is 0 Å². The number of benzene rings is 1. The SMILES string of the molecule is CC(C)N(Cc1ccccc1)C1CCC(N)C1. The lowest BCUT2D eigenvalue weighted by atomic mass is 10.1. The van der Waals surface area contributed by atoms with Crippen molar-refractivity contribution in [3.05, 3.63) is 35.9 Å². The van der Waals surface area contributed by atoms with Gasteiger partial charge >= 0.3 is 0 Å². The summed E-state index contributed by atoms with van der Waals surface area (Å²) in [6.07, 6.45) is 3.60. The molecule has 0 aromatic heterocycles. The molecule has 17 heavy (non-hydrogen) atoms. The van der Waals surface area contributed by atoms with E-state index in [0.717, 1.165) is 13.0 Å². The highest BCUT2D eigenvalue weighted by Gasteiger charge is 2.28. The molecule has 2 N–H and O–H groups in total. The van der Waals surface area contributed by atoms with Crippen molar-refractivity contribution < 1.29 is 0 Å². The number of nitrogens with zero attached hydrogens (tertiary/aromatic N) is 1. The second kappa shape index (κ2) is 5.65. The molecular formula is C15H24N2. The summed E-state index contributed by atoms with van der Waals surface area (Å²) in [6, 6.07) is 12.4. The summed E-state index contributed by atoms with van der Waals surface area (Å²) in [5, 5.41) is 0. The van der Waals surface area contributed by atoms with Crippen LogP contribution >= 0.6 is 0 Å². The molecule has 94 valence electrons. The second-order valence-electron chi connectivity index (χ2n) is 5.48. The topological polar surface area (TPSA) is 29.3 Å². The van der Waals surface area contributed by atoms with Gasteiger partial charge in [-0.15, -0.1) is 0 Å².